The van der Waals surface area contributed by atoms with Crippen LogP contribution >= 0.6 is 0 Å². The number of hydrogen-bond acceptors (Lipinski definition) is 5. The molecule has 0 saturated carbocycles. The number of aliphatic hydroxyl groups excluding tert-OH is 1. The van der Waals surface area contributed by atoms with E-state index in [4.69, 9.17) is 24.1 Å². The molecule has 0 saturated heterocycles. The molecule has 1 atom stereocenters. The summed E-state index contributed by atoms with van der Waals surface area (Å²) in [6.07, 6.45) is 7.73. The first-order valence-corrected chi connectivity index (χ1v) is 9.26. The van der Waals surface area contributed by atoms with E-state index in [1.807, 2.05) is 0 Å². The zero-order valence-electron chi connectivity index (χ0n) is 15.3. The SMILES string of the molecule is CCCCC(CC)CCCOCCOCCOCCOCCO. The van der Waals surface area contributed by atoms with Gasteiger partial charge >= 0.3 is 0 Å². The smallest absolute Gasteiger partial charge is 0.0701 e. The van der Waals surface area contributed by atoms with Crippen molar-refractivity contribution < 1.29 is 24.1 Å². The van der Waals surface area contributed by atoms with Gasteiger partial charge in [0, 0.05) is 6.61 Å². The van der Waals surface area contributed by atoms with Crippen LogP contribution in [-0.2, 0) is 18.9 Å². The van der Waals surface area contributed by atoms with E-state index in [0.29, 0.717) is 46.2 Å². The van der Waals surface area contributed by atoms with E-state index >= 15 is 0 Å². The summed E-state index contributed by atoms with van der Waals surface area (Å²) in [4.78, 5) is 0. The molecule has 0 fully saturated rings. The summed E-state index contributed by atoms with van der Waals surface area (Å²) in [5.41, 5.74) is 0. The van der Waals surface area contributed by atoms with Crippen molar-refractivity contribution in [1.29, 1.82) is 0 Å². The fourth-order valence-corrected chi connectivity index (χ4v) is 2.35. The van der Waals surface area contributed by atoms with Crippen molar-refractivity contribution in [3.63, 3.8) is 0 Å². The van der Waals surface area contributed by atoms with Gasteiger partial charge in [-0.15, -0.1) is 0 Å². The van der Waals surface area contributed by atoms with Crippen LogP contribution in [-0.4, -0.2) is 64.6 Å². The van der Waals surface area contributed by atoms with Crippen LogP contribution in [0.1, 0.15) is 52.4 Å². The Morgan fingerprint density at radius 2 is 1.13 bits per heavy atom. The fourth-order valence-electron chi connectivity index (χ4n) is 2.35. The highest BCUT2D eigenvalue weighted by Gasteiger charge is 2.05. The zero-order chi connectivity index (χ0) is 17.0. The van der Waals surface area contributed by atoms with Gasteiger partial charge < -0.3 is 24.1 Å². The second-order valence-corrected chi connectivity index (χ2v) is 5.73. The van der Waals surface area contributed by atoms with Crippen molar-refractivity contribution in [3.8, 4) is 0 Å². The zero-order valence-corrected chi connectivity index (χ0v) is 15.3. The average Bonchev–Trinajstić information content (AvgIpc) is 2.57. The lowest BCUT2D eigenvalue weighted by molar-refractivity contribution is -0.00597. The third-order valence-electron chi connectivity index (χ3n) is 3.80. The predicted octanol–water partition coefficient (Wildman–Crippen LogP) is 3.04. The van der Waals surface area contributed by atoms with E-state index < -0.39 is 0 Å². The Kier molecular flexibility index (Phi) is 19.7. The Bertz CT molecular complexity index is 214. The van der Waals surface area contributed by atoms with Gasteiger partial charge in [-0.25, -0.2) is 0 Å². The Balaban J connectivity index is 3.12. The minimum Gasteiger partial charge on any atom is -0.394 e. The summed E-state index contributed by atoms with van der Waals surface area (Å²) in [6.45, 7) is 9.29. The number of rotatable bonds is 19. The quantitative estimate of drug-likeness (QED) is 0.368. The van der Waals surface area contributed by atoms with Gasteiger partial charge in [-0.05, 0) is 18.8 Å². The number of unbranched alkanes of at least 4 members (excludes halogenated alkanes) is 1. The molecule has 0 rings (SSSR count). The summed E-state index contributed by atoms with van der Waals surface area (Å²) in [5.74, 6) is 0.869. The highest BCUT2D eigenvalue weighted by molar-refractivity contribution is 4.57. The molecule has 5 heteroatoms. The van der Waals surface area contributed by atoms with Crippen LogP contribution in [0.4, 0.5) is 0 Å². The van der Waals surface area contributed by atoms with Crippen molar-refractivity contribution >= 4 is 0 Å². The standard InChI is InChI=1S/C18H38O5/c1-3-5-7-18(4-2)8-6-10-20-12-14-22-16-17-23-15-13-21-11-9-19/h18-19H,3-17H2,1-2H3. The normalized spacial score (nSPS) is 12.7. The van der Waals surface area contributed by atoms with Crippen LogP contribution in [0.2, 0.25) is 0 Å². The van der Waals surface area contributed by atoms with Crippen molar-refractivity contribution in [2.45, 2.75) is 52.4 Å². The Morgan fingerprint density at radius 1 is 0.652 bits per heavy atom. The maximum atomic E-state index is 8.52. The molecular formula is C18H38O5. The third-order valence-corrected chi connectivity index (χ3v) is 3.80. The van der Waals surface area contributed by atoms with E-state index in [1.54, 1.807) is 0 Å². The first-order valence-electron chi connectivity index (χ1n) is 9.26. The maximum Gasteiger partial charge on any atom is 0.0701 e. The van der Waals surface area contributed by atoms with Gasteiger partial charge in [0.15, 0.2) is 0 Å². The predicted molar refractivity (Wildman–Crippen MR) is 92.9 cm³/mol. The average molecular weight is 334 g/mol. The first kappa shape index (κ1) is 22.8. The van der Waals surface area contributed by atoms with Crippen LogP contribution in [0.25, 0.3) is 0 Å². The fraction of sp³-hybridized carbons (Fsp3) is 1.00. The summed E-state index contributed by atoms with van der Waals surface area (Å²) >= 11 is 0. The van der Waals surface area contributed by atoms with E-state index in [1.165, 1.54) is 32.1 Å². The Hall–Kier alpha value is -0.200. The molecule has 0 spiro atoms. The number of aliphatic hydroxyl groups is 1. The summed E-state index contributed by atoms with van der Waals surface area (Å²) in [6, 6.07) is 0. The molecule has 0 aliphatic rings. The third kappa shape index (κ3) is 18.0. The highest BCUT2D eigenvalue weighted by atomic mass is 16.6. The highest BCUT2D eigenvalue weighted by Crippen LogP contribution is 2.18. The monoisotopic (exact) mass is 334 g/mol. The van der Waals surface area contributed by atoms with Crippen molar-refractivity contribution in [1.82, 2.24) is 0 Å². The molecule has 0 aromatic rings. The minimum absolute atomic E-state index is 0.0565. The molecule has 5 nitrogen and oxygen atoms in total. The molecule has 0 heterocycles. The van der Waals surface area contributed by atoms with Gasteiger partial charge in [-0.1, -0.05) is 39.5 Å². The van der Waals surface area contributed by atoms with E-state index in [9.17, 15) is 0 Å². The molecule has 0 bridgehead atoms. The molecule has 0 radical (unpaired) electrons. The van der Waals surface area contributed by atoms with Gasteiger partial charge in [0.25, 0.3) is 0 Å². The maximum absolute atomic E-state index is 8.52. The minimum atomic E-state index is 0.0565. The second-order valence-electron chi connectivity index (χ2n) is 5.73. The van der Waals surface area contributed by atoms with Gasteiger partial charge in [-0.2, -0.15) is 0 Å². The summed E-state index contributed by atoms with van der Waals surface area (Å²) in [7, 11) is 0. The lowest BCUT2D eigenvalue weighted by Crippen LogP contribution is -2.13. The van der Waals surface area contributed by atoms with Gasteiger partial charge in [0.05, 0.1) is 52.9 Å². The van der Waals surface area contributed by atoms with Crippen LogP contribution in [0.15, 0.2) is 0 Å². The van der Waals surface area contributed by atoms with Crippen molar-refractivity contribution in [3.05, 3.63) is 0 Å². The largest absolute Gasteiger partial charge is 0.394 e. The molecule has 1 N–H and O–H groups in total. The Labute approximate surface area is 142 Å². The first-order chi connectivity index (χ1) is 11.3. The van der Waals surface area contributed by atoms with Crippen LogP contribution < -0.4 is 0 Å². The molecule has 0 aliphatic heterocycles. The number of hydrogen-bond donors (Lipinski definition) is 1. The number of ether oxygens (including phenoxy) is 4. The van der Waals surface area contributed by atoms with E-state index in [2.05, 4.69) is 13.8 Å². The molecule has 0 amide bonds. The van der Waals surface area contributed by atoms with Crippen molar-refractivity contribution in [2.24, 2.45) is 5.92 Å². The molecular weight excluding hydrogens is 296 g/mol. The van der Waals surface area contributed by atoms with Crippen LogP contribution in [0.3, 0.4) is 0 Å². The molecule has 23 heavy (non-hydrogen) atoms. The van der Waals surface area contributed by atoms with Gasteiger partial charge in [0.2, 0.25) is 0 Å². The van der Waals surface area contributed by atoms with Crippen molar-refractivity contribution in [2.75, 3.05) is 59.5 Å². The van der Waals surface area contributed by atoms with E-state index in [-0.39, 0.29) is 6.61 Å². The lowest BCUT2D eigenvalue weighted by atomic mass is 9.94. The molecule has 140 valence electrons. The van der Waals surface area contributed by atoms with Crippen LogP contribution in [0.5, 0.6) is 0 Å². The molecule has 0 aromatic heterocycles. The molecule has 1 unspecified atom stereocenters. The lowest BCUT2D eigenvalue weighted by Gasteiger charge is -2.14. The van der Waals surface area contributed by atoms with Gasteiger partial charge in [-0.3, -0.25) is 0 Å². The summed E-state index contributed by atoms with van der Waals surface area (Å²) < 4.78 is 21.4. The topological polar surface area (TPSA) is 57.2 Å². The molecule has 0 aliphatic carbocycles. The van der Waals surface area contributed by atoms with E-state index in [0.717, 1.165) is 18.9 Å². The second kappa shape index (κ2) is 19.8. The Morgan fingerprint density at radius 3 is 1.61 bits per heavy atom. The summed E-state index contributed by atoms with van der Waals surface area (Å²) in [5, 5.41) is 8.52. The van der Waals surface area contributed by atoms with Crippen LogP contribution in [0, 0.1) is 5.92 Å². The molecule has 0 aromatic carbocycles. The van der Waals surface area contributed by atoms with Gasteiger partial charge in [0.1, 0.15) is 0 Å².